The summed E-state index contributed by atoms with van der Waals surface area (Å²) in [6.07, 6.45) is 4.28. The van der Waals surface area contributed by atoms with Gasteiger partial charge in [-0.1, -0.05) is 13.8 Å². The van der Waals surface area contributed by atoms with Crippen LogP contribution in [-0.4, -0.2) is 11.1 Å². The number of carboxylic acid groups (broad SMARTS) is 1. The Morgan fingerprint density at radius 3 is 2.72 bits per heavy atom. The van der Waals surface area contributed by atoms with Crippen LogP contribution in [0.2, 0.25) is 0 Å². The Morgan fingerprint density at radius 2 is 2.22 bits per heavy atom. The summed E-state index contributed by atoms with van der Waals surface area (Å²) in [6, 6.07) is 1.84. The van der Waals surface area contributed by atoms with Gasteiger partial charge in [0.25, 0.3) is 0 Å². The lowest BCUT2D eigenvalue weighted by Crippen LogP contribution is -2.31. The molecule has 0 amide bonds. The standard InChI is InChI=1S/C14H19BrO3/c1-8(2)9-3-4-10(14(16)17)11(7-9)13-12(15)5-6-18-13/h5-6,8-11H,3-4,7H2,1-2H3,(H,16,17). The molecule has 1 aliphatic rings. The van der Waals surface area contributed by atoms with Crippen LogP contribution in [0.3, 0.4) is 0 Å². The Morgan fingerprint density at radius 1 is 1.50 bits per heavy atom. The first kappa shape index (κ1) is 13.7. The van der Waals surface area contributed by atoms with E-state index in [1.54, 1.807) is 6.26 Å². The van der Waals surface area contributed by atoms with E-state index < -0.39 is 5.97 Å². The maximum absolute atomic E-state index is 11.4. The number of hydrogen-bond donors (Lipinski definition) is 1. The van der Waals surface area contributed by atoms with Gasteiger partial charge >= 0.3 is 5.97 Å². The topological polar surface area (TPSA) is 50.4 Å². The Labute approximate surface area is 116 Å². The highest BCUT2D eigenvalue weighted by Crippen LogP contribution is 2.45. The fourth-order valence-corrected chi connectivity index (χ4v) is 3.46. The summed E-state index contributed by atoms with van der Waals surface area (Å²) in [4.78, 5) is 11.4. The van der Waals surface area contributed by atoms with Crippen molar-refractivity contribution in [3.8, 4) is 0 Å². The summed E-state index contributed by atoms with van der Waals surface area (Å²) in [5.41, 5.74) is 0. The maximum Gasteiger partial charge on any atom is 0.307 e. The van der Waals surface area contributed by atoms with Gasteiger partial charge in [-0.3, -0.25) is 4.79 Å². The predicted molar refractivity (Wildman–Crippen MR) is 72.5 cm³/mol. The lowest BCUT2D eigenvalue weighted by molar-refractivity contribution is -0.144. The molecule has 0 saturated heterocycles. The number of hydrogen-bond acceptors (Lipinski definition) is 2. The van der Waals surface area contributed by atoms with Crippen LogP contribution in [-0.2, 0) is 4.79 Å². The first-order valence-corrected chi connectivity index (χ1v) is 7.25. The van der Waals surface area contributed by atoms with E-state index in [-0.39, 0.29) is 11.8 Å². The molecule has 2 rings (SSSR count). The minimum Gasteiger partial charge on any atom is -0.481 e. The lowest BCUT2D eigenvalue weighted by atomic mass is 9.70. The molecule has 0 aromatic carbocycles. The minimum absolute atomic E-state index is 0.00646. The third-order valence-corrected chi connectivity index (χ3v) is 4.79. The summed E-state index contributed by atoms with van der Waals surface area (Å²) in [6.45, 7) is 4.42. The SMILES string of the molecule is CC(C)C1CCC(C(=O)O)C(c2occc2Br)C1. The van der Waals surface area contributed by atoms with Crippen LogP contribution in [0.25, 0.3) is 0 Å². The van der Waals surface area contributed by atoms with E-state index in [1.807, 2.05) is 6.07 Å². The van der Waals surface area contributed by atoms with E-state index in [0.29, 0.717) is 11.8 Å². The maximum atomic E-state index is 11.4. The molecule has 1 saturated carbocycles. The van der Waals surface area contributed by atoms with E-state index in [0.717, 1.165) is 29.5 Å². The molecule has 1 fully saturated rings. The molecule has 1 heterocycles. The zero-order chi connectivity index (χ0) is 13.3. The van der Waals surface area contributed by atoms with Crippen LogP contribution < -0.4 is 0 Å². The molecule has 100 valence electrons. The highest BCUT2D eigenvalue weighted by Gasteiger charge is 2.39. The van der Waals surface area contributed by atoms with Crippen LogP contribution in [0.5, 0.6) is 0 Å². The van der Waals surface area contributed by atoms with Crippen LogP contribution in [0, 0.1) is 17.8 Å². The van der Waals surface area contributed by atoms with E-state index in [1.165, 1.54) is 0 Å². The van der Waals surface area contributed by atoms with Gasteiger partial charge < -0.3 is 9.52 Å². The molecule has 1 aromatic rings. The van der Waals surface area contributed by atoms with Gasteiger partial charge in [0.05, 0.1) is 16.7 Å². The Kier molecular flexibility index (Phi) is 4.15. The molecule has 0 bridgehead atoms. The number of halogens is 1. The summed E-state index contributed by atoms with van der Waals surface area (Å²) in [5.74, 6) is 0.951. The fourth-order valence-electron chi connectivity index (χ4n) is 2.96. The predicted octanol–water partition coefficient (Wildman–Crippen LogP) is 4.28. The molecule has 1 aliphatic carbocycles. The lowest BCUT2D eigenvalue weighted by Gasteiger charge is -2.35. The molecule has 1 aromatic heterocycles. The van der Waals surface area contributed by atoms with Gasteiger partial charge in [0, 0.05) is 5.92 Å². The Hall–Kier alpha value is -0.770. The highest BCUT2D eigenvalue weighted by molar-refractivity contribution is 9.10. The van der Waals surface area contributed by atoms with Gasteiger partial charge in [-0.25, -0.2) is 0 Å². The average molecular weight is 315 g/mol. The van der Waals surface area contributed by atoms with E-state index in [9.17, 15) is 9.90 Å². The summed E-state index contributed by atoms with van der Waals surface area (Å²) < 4.78 is 6.39. The largest absolute Gasteiger partial charge is 0.481 e. The van der Waals surface area contributed by atoms with Crippen molar-refractivity contribution in [2.24, 2.45) is 17.8 Å². The number of rotatable bonds is 3. The van der Waals surface area contributed by atoms with Crippen molar-refractivity contribution in [3.05, 3.63) is 22.6 Å². The van der Waals surface area contributed by atoms with Gasteiger partial charge in [0.2, 0.25) is 0 Å². The van der Waals surface area contributed by atoms with Crippen molar-refractivity contribution < 1.29 is 14.3 Å². The molecule has 1 N–H and O–H groups in total. The van der Waals surface area contributed by atoms with Gasteiger partial charge in [0.1, 0.15) is 5.76 Å². The Balaban J connectivity index is 2.25. The molecule has 3 atom stereocenters. The smallest absolute Gasteiger partial charge is 0.307 e. The third kappa shape index (κ3) is 2.63. The van der Waals surface area contributed by atoms with Gasteiger partial charge in [-0.2, -0.15) is 0 Å². The number of carbonyl (C=O) groups is 1. The van der Waals surface area contributed by atoms with Crippen molar-refractivity contribution in [2.75, 3.05) is 0 Å². The Bertz CT molecular complexity index is 424. The third-order valence-electron chi connectivity index (χ3n) is 4.13. The summed E-state index contributed by atoms with van der Waals surface area (Å²) in [7, 11) is 0. The van der Waals surface area contributed by atoms with Crippen molar-refractivity contribution in [3.63, 3.8) is 0 Å². The number of furan rings is 1. The van der Waals surface area contributed by atoms with Gasteiger partial charge in [-0.15, -0.1) is 0 Å². The second kappa shape index (κ2) is 5.47. The molecule has 4 heteroatoms. The zero-order valence-corrected chi connectivity index (χ0v) is 12.3. The monoisotopic (exact) mass is 314 g/mol. The first-order chi connectivity index (χ1) is 8.50. The van der Waals surface area contributed by atoms with E-state index in [2.05, 4.69) is 29.8 Å². The molecule has 0 spiro atoms. The van der Waals surface area contributed by atoms with Crippen LogP contribution in [0.15, 0.2) is 21.2 Å². The highest BCUT2D eigenvalue weighted by atomic mass is 79.9. The van der Waals surface area contributed by atoms with Crippen molar-refractivity contribution in [2.45, 2.75) is 39.0 Å². The minimum atomic E-state index is -0.703. The first-order valence-electron chi connectivity index (χ1n) is 6.46. The second-order valence-electron chi connectivity index (χ2n) is 5.50. The molecule has 3 nitrogen and oxygen atoms in total. The van der Waals surface area contributed by atoms with Crippen molar-refractivity contribution in [1.82, 2.24) is 0 Å². The van der Waals surface area contributed by atoms with E-state index >= 15 is 0 Å². The van der Waals surface area contributed by atoms with Gasteiger partial charge in [-0.05, 0) is 53.1 Å². The zero-order valence-electron chi connectivity index (χ0n) is 10.7. The summed E-state index contributed by atoms with van der Waals surface area (Å²) >= 11 is 3.45. The van der Waals surface area contributed by atoms with Crippen LogP contribution >= 0.6 is 15.9 Å². The molecule has 0 aliphatic heterocycles. The fraction of sp³-hybridized carbons (Fsp3) is 0.643. The normalized spacial score (nSPS) is 28.6. The second-order valence-corrected chi connectivity index (χ2v) is 6.36. The molecule has 0 radical (unpaired) electrons. The van der Waals surface area contributed by atoms with Gasteiger partial charge in [0.15, 0.2) is 0 Å². The molecular formula is C14H19BrO3. The van der Waals surface area contributed by atoms with Crippen molar-refractivity contribution in [1.29, 1.82) is 0 Å². The van der Waals surface area contributed by atoms with Crippen LogP contribution in [0.1, 0.15) is 44.8 Å². The molecule has 3 unspecified atom stereocenters. The molecular weight excluding hydrogens is 296 g/mol. The van der Waals surface area contributed by atoms with Crippen molar-refractivity contribution >= 4 is 21.9 Å². The number of carboxylic acids is 1. The quantitative estimate of drug-likeness (QED) is 0.905. The number of aliphatic carboxylic acids is 1. The molecule has 18 heavy (non-hydrogen) atoms. The van der Waals surface area contributed by atoms with Crippen LogP contribution in [0.4, 0.5) is 0 Å². The van der Waals surface area contributed by atoms with E-state index in [4.69, 9.17) is 4.42 Å². The summed E-state index contributed by atoms with van der Waals surface area (Å²) in [5, 5.41) is 9.37. The average Bonchev–Trinajstić information content (AvgIpc) is 2.74.